The maximum atomic E-state index is 11.1. The fourth-order valence-corrected chi connectivity index (χ4v) is 1.40. The monoisotopic (exact) mass is 224 g/mol. The number of hydrogen-bond donors (Lipinski definition) is 1. The van der Waals surface area contributed by atoms with Gasteiger partial charge >= 0.3 is 5.97 Å². The van der Waals surface area contributed by atoms with Crippen LogP contribution >= 0.6 is 0 Å². The van der Waals surface area contributed by atoms with Gasteiger partial charge in [0.15, 0.2) is 0 Å². The number of methoxy groups -OCH3 is 2. The third-order valence-electron chi connectivity index (χ3n) is 2.36. The Kier molecular flexibility index (Phi) is 4.79. The van der Waals surface area contributed by atoms with Crippen LogP contribution in [-0.4, -0.2) is 31.4 Å². The summed E-state index contributed by atoms with van der Waals surface area (Å²) < 4.78 is 9.77. The molecule has 4 nitrogen and oxygen atoms in total. The SMILES string of the molecule is COC(=O)C[C@@H](Cc1ccc(O)cc1)OC. The van der Waals surface area contributed by atoms with E-state index in [1.165, 1.54) is 7.11 Å². The van der Waals surface area contributed by atoms with Crippen LogP contribution in [0.3, 0.4) is 0 Å². The largest absolute Gasteiger partial charge is 0.508 e. The first kappa shape index (κ1) is 12.5. The smallest absolute Gasteiger partial charge is 0.308 e. The first-order valence-electron chi connectivity index (χ1n) is 5.03. The Labute approximate surface area is 94.8 Å². The lowest BCUT2D eigenvalue weighted by Gasteiger charge is -2.13. The second-order valence-corrected chi connectivity index (χ2v) is 3.51. The van der Waals surface area contributed by atoms with Gasteiger partial charge in [0.1, 0.15) is 5.75 Å². The second-order valence-electron chi connectivity index (χ2n) is 3.51. The third kappa shape index (κ3) is 3.90. The fraction of sp³-hybridized carbons (Fsp3) is 0.417. The molecule has 0 fully saturated rings. The molecule has 0 radical (unpaired) electrons. The van der Waals surface area contributed by atoms with E-state index in [1.54, 1.807) is 31.4 Å². The minimum atomic E-state index is -0.286. The van der Waals surface area contributed by atoms with E-state index >= 15 is 0 Å². The Morgan fingerprint density at radius 1 is 1.31 bits per heavy atom. The number of carbonyl (C=O) groups is 1. The van der Waals surface area contributed by atoms with Crippen LogP contribution < -0.4 is 0 Å². The summed E-state index contributed by atoms with van der Waals surface area (Å²) >= 11 is 0. The number of hydrogen-bond acceptors (Lipinski definition) is 4. The molecule has 0 saturated carbocycles. The van der Waals surface area contributed by atoms with Crippen molar-refractivity contribution in [2.24, 2.45) is 0 Å². The number of ether oxygens (including phenoxy) is 2. The predicted octanol–water partition coefficient (Wildman–Crippen LogP) is 1.51. The molecule has 0 unspecified atom stereocenters. The van der Waals surface area contributed by atoms with Crippen molar-refractivity contribution in [1.82, 2.24) is 0 Å². The highest BCUT2D eigenvalue weighted by Crippen LogP contribution is 2.13. The molecule has 1 rings (SSSR count). The molecule has 1 aromatic rings. The van der Waals surface area contributed by atoms with E-state index in [9.17, 15) is 4.79 Å². The van der Waals surface area contributed by atoms with E-state index < -0.39 is 0 Å². The van der Waals surface area contributed by atoms with E-state index in [1.807, 2.05) is 0 Å². The summed E-state index contributed by atoms with van der Waals surface area (Å²) in [5.74, 6) is -0.0590. The van der Waals surface area contributed by atoms with Crippen LogP contribution in [0.4, 0.5) is 0 Å². The van der Waals surface area contributed by atoms with Crippen molar-refractivity contribution in [1.29, 1.82) is 0 Å². The number of rotatable bonds is 5. The second kappa shape index (κ2) is 6.12. The van der Waals surface area contributed by atoms with Crippen molar-refractivity contribution in [2.75, 3.05) is 14.2 Å². The molecule has 1 N–H and O–H groups in total. The number of phenols is 1. The van der Waals surface area contributed by atoms with Crippen LogP contribution in [0.1, 0.15) is 12.0 Å². The molecule has 0 heterocycles. The molecule has 4 heteroatoms. The molecule has 0 aliphatic heterocycles. The summed E-state index contributed by atoms with van der Waals surface area (Å²) in [6.45, 7) is 0. The van der Waals surface area contributed by atoms with Gasteiger partial charge in [-0.3, -0.25) is 4.79 Å². The number of phenolic OH excluding ortho intramolecular Hbond substituents is 1. The minimum Gasteiger partial charge on any atom is -0.508 e. The molecular weight excluding hydrogens is 208 g/mol. The average Bonchev–Trinajstić information content (AvgIpc) is 2.30. The molecular formula is C12H16O4. The van der Waals surface area contributed by atoms with Crippen molar-refractivity contribution >= 4 is 5.97 Å². The molecule has 16 heavy (non-hydrogen) atoms. The average molecular weight is 224 g/mol. The lowest BCUT2D eigenvalue weighted by atomic mass is 10.1. The summed E-state index contributed by atoms with van der Waals surface area (Å²) in [6, 6.07) is 6.83. The molecule has 1 atom stereocenters. The summed E-state index contributed by atoms with van der Waals surface area (Å²) in [4.78, 5) is 11.1. The Morgan fingerprint density at radius 2 is 1.94 bits per heavy atom. The lowest BCUT2D eigenvalue weighted by Crippen LogP contribution is -2.19. The van der Waals surface area contributed by atoms with Crippen molar-refractivity contribution in [3.8, 4) is 5.75 Å². The van der Waals surface area contributed by atoms with Crippen molar-refractivity contribution < 1.29 is 19.4 Å². The highest BCUT2D eigenvalue weighted by atomic mass is 16.5. The van der Waals surface area contributed by atoms with Gasteiger partial charge in [0, 0.05) is 7.11 Å². The van der Waals surface area contributed by atoms with Crippen LogP contribution in [0.25, 0.3) is 0 Å². The van der Waals surface area contributed by atoms with Gasteiger partial charge in [-0.2, -0.15) is 0 Å². The van der Waals surface area contributed by atoms with Crippen LogP contribution in [-0.2, 0) is 20.7 Å². The van der Waals surface area contributed by atoms with E-state index in [0.717, 1.165) is 5.56 Å². The van der Waals surface area contributed by atoms with E-state index in [-0.39, 0.29) is 24.2 Å². The predicted molar refractivity (Wildman–Crippen MR) is 59.2 cm³/mol. The molecule has 0 aromatic heterocycles. The number of carbonyl (C=O) groups excluding carboxylic acids is 1. The minimum absolute atomic E-state index is 0.197. The first-order chi connectivity index (χ1) is 7.65. The van der Waals surface area contributed by atoms with Gasteiger partial charge in [-0.1, -0.05) is 12.1 Å². The topological polar surface area (TPSA) is 55.8 Å². The van der Waals surface area contributed by atoms with Gasteiger partial charge in [0.2, 0.25) is 0 Å². The van der Waals surface area contributed by atoms with E-state index in [0.29, 0.717) is 6.42 Å². The molecule has 0 aliphatic carbocycles. The third-order valence-corrected chi connectivity index (χ3v) is 2.36. The van der Waals surface area contributed by atoms with Crippen molar-refractivity contribution in [3.63, 3.8) is 0 Å². The van der Waals surface area contributed by atoms with Gasteiger partial charge in [-0.25, -0.2) is 0 Å². The van der Waals surface area contributed by atoms with Crippen molar-refractivity contribution in [2.45, 2.75) is 18.9 Å². The van der Waals surface area contributed by atoms with Gasteiger partial charge in [0.05, 0.1) is 19.6 Å². The van der Waals surface area contributed by atoms with Gasteiger partial charge < -0.3 is 14.6 Å². The number of aromatic hydroxyl groups is 1. The molecule has 0 aliphatic rings. The zero-order chi connectivity index (χ0) is 12.0. The van der Waals surface area contributed by atoms with Gasteiger partial charge in [-0.05, 0) is 24.1 Å². The highest BCUT2D eigenvalue weighted by molar-refractivity contribution is 5.69. The lowest BCUT2D eigenvalue weighted by molar-refractivity contribution is -0.143. The Balaban J connectivity index is 2.56. The zero-order valence-corrected chi connectivity index (χ0v) is 9.47. The quantitative estimate of drug-likeness (QED) is 0.770. The Hall–Kier alpha value is -1.55. The van der Waals surface area contributed by atoms with E-state index in [2.05, 4.69) is 4.74 Å². The highest BCUT2D eigenvalue weighted by Gasteiger charge is 2.14. The maximum absolute atomic E-state index is 11.1. The first-order valence-corrected chi connectivity index (χ1v) is 5.03. The molecule has 0 amide bonds. The summed E-state index contributed by atoms with van der Waals surface area (Å²) in [5, 5.41) is 9.13. The number of benzene rings is 1. The van der Waals surface area contributed by atoms with Crippen LogP contribution in [0.2, 0.25) is 0 Å². The van der Waals surface area contributed by atoms with E-state index in [4.69, 9.17) is 9.84 Å². The molecule has 1 aromatic carbocycles. The van der Waals surface area contributed by atoms with Crippen LogP contribution in [0.15, 0.2) is 24.3 Å². The van der Waals surface area contributed by atoms with Crippen LogP contribution in [0, 0.1) is 0 Å². The summed E-state index contributed by atoms with van der Waals surface area (Å²) in [5.41, 5.74) is 1.01. The molecule has 0 bridgehead atoms. The Bertz CT molecular complexity index is 331. The zero-order valence-electron chi connectivity index (χ0n) is 9.47. The molecule has 0 spiro atoms. The summed E-state index contributed by atoms with van der Waals surface area (Å²) in [6.07, 6.45) is 0.650. The van der Waals surface area contributed by atoms with Gasteiger partial charge in [-0.15, -0.1) is 0 Å². The molecule has 88 valence electrons. The number of esters is 1. The fourth-order valence-electron chi connectivity index (χ4n) is 1.40. The Morgan fingerprint density at radius 3 is 2.44 bits per heavy atom. The molecule has 0 saturated heterocycles. The van der Waals surface area contributed by atoms with Crippen LogP contribution in [0.5, 0.6) is 5.75 Å². The summed E-state index contributed by atoms with van der Waals surface area (Å²) in [7, 11) is 2.92. The normalized spacial score (nSPS) is 12.1. The van der Waals surface area contributed by atoms with Gasteiger partial charge in [0.25, 0.3) is 0 Å². The van der Waals surface area contributed by atoms with Crippen molar-refractivity contribution in [3.05, 3.63) is 29.8 Å². The maximum Gasteiger partial charge on any atom is 0.308 e. The standard InChI is InChI=1S/C12H16O4/c1-15-11(8-12(14)16-2)7-9-3-5-10(13)6-4-9/h3-6,11,13H,7-8H2,1-2H3/t11-/m1/s1.